The van der Waals surface area contributed by atoms with Crippen molar-refractivity contribution in [2.45, 2.75) is 45.7 Å². The highest BCUT2D eigenvalue weighted by Crippen LogP contribution is 2.41. The summed E-state index contributed by atoms with van der Waals surface area (Å²) >= 11 is 5.85. The van der Waals surface area contributed by atoms with Gasteiger partial charge in [-0.15, -0.1) is 0 Å². The molecule has 1 saturated heterocycles. The van der Waals surface area contributed by atoms with E-state index in [4.69, 9.17) is 17.0 Å². The van der Waals surface area contributed by atoms with E-state index in [2.05, 4.69) is 51.9 Å². The van der Waals surface area contributed by atoms with E-state index in [0.717, 1.165) is 46.0 Å². The summed E-state index contributed by atoms with van der Waals surface area (Å²) in [4.78, 5) is 31.8. The van der Waals surface area contributed by atoms with Crippen LogP contribution in [0.5, 0.6) is 0 Å². The SMILES string of the molecule is CCc1ccccc1NC(=O)CCN1C(=S)N[C@H](c2ccccn2)[C@H]1c1cc(C)n(-c2ccc(C(=O)OC)cc2)c1C. The van der Waals surface area contributed by atoms with E-state index in [1.807, 2.05) is 54.6 Å². The average molecular weight is 582 g/mol. The van der Waals surface area contributed by atoms with Gasteiger partial charge >= 0.3 is 5.97 Å². The Morgan fingerprint density at radius 1 is 1.05 bits per heavy atom. The summed E-state index contributed by atoms with van der Waals surface area (Å²) in [6, 6.07) is 22.9. The van der Waals surface area contributed by atoms with Crippen LogP contribution in [0.4, 0.5) is 5.69 Å². The number of hydrogen-bond acceptors (Lipinski definition) is 5. The van der Waals surface area contributed by atoms with Crippen molar-refractivity contribution in [3.63, 3.8) is 0 Å². The largest absolute Gasteiger partial charge is 0.465 e. The van der Waals surface area contributed by atoms with Crippen molar-refractivity contribution in [2.24, 2.45) is 0 Å². The first-order valence-electron chi connectivity index (χ1n) is 14.1. The number of nitrogens with zero attached hydrogens (tertiary/aromatic N) is 3. The van der Waals surface area contributed by atoms with Crippen LogP contribution < -0.4 is 10.6 Å². The van der Waals surface area contributed by atoms with Crippen LogP contribution in [0.25, 0.3) is 5.69 Å². The van der Waals surface area contributed by atoms with Gasteiger partial charge in [0, 0.05) is 41.9 Å². The number of amides is 1. The van der Waals surface area contributed by atoms with E-state index in [0.29, 0.717) is 17.2 Å². The fourth-order valence-electron chi connectivity index (χ4n) is 5.72. The molecule has 1 fully saturated rings. The van der Waals surface area contributed by atoms with Crippen LogP contribution >= 0.6 is 12.2 Å². The Bertz CT molecular complexity index is 1600. The van der Waals surface area contributed by atoms with Crippen LogP contribution in [-0.4, -0.2) is 45.1 Å². The Kier molecular flexibility index (Phi) is 8.68. The van der Waals surface area contributed by atoms with E-state index in [1.54, 1.807) is 18.3 Å². The van der Waals surface area contributed by atoms with Crippen LogP contribution in [0.1, 0.15) is 64.0 Å². The van der Waals surface area contributed by atoms with Gasteiger partial charge < -0.3 is 24.8 Å². The van der Waals surface area contributed by atoms with Crippen LogP contribution in [0.3, 0.4) is 0 Å². The molecule has 0 bridgehead atoms. The molecule has 0 unspecified atom stereocenters. The van der Waals surface area contributed by atoms with Crippen molar-refractivity contribution < 1.29 is 14.3 Å². The van der Waals surface area contributed by atoms with Crippen molar-refractivity contribution in [1.29, 1.82) is 0 Å². The number of aryl methyl sites for hydroxylation is 2. The Hall–Kier alpha value is -4.50. The second kappa shape index (κ2) is 12.6. The maximum absolute atomic E-state index is 13.1. The number of carbonyl (C=O) groups is 2. The van der Waals surface area contributed by atoms with E-state index in [9.17, 15) is 9.59 Å². The smallest absolute Gasteiger partial charge is 0.337 e. The second-order valence-corrected chi connectivity index (χ2v) is 10.7. The molecular weight excluding hydrogens is 546 g/mol. The van der Waals surface area contributed by atoms with Crippen molar-refractivity contribution in [1.82, 2.24) is 19.8 Å². The van der Waals surface area contributed by atoms with Gasteiger partial charge in [0.2, 0.25) is 5.91 Å². The second-order valence-electron chi connectivity index (χ2n) is 10.3. The third-order valence-corrected chi connectivity index (χ3v) is 8.14. The number of aromatic nitrogens is 2. The lowest BCUT2D eigenvalue weighted by atomic mass is 9.96. The van der Waals surface area contributed by atoms with Gasteiger partial charge in [0.1, 0.15) is 0 Å². The van der Waals surface area contributed by atoms with E-state index in [1.165, 1.54) is 7.11 Å². The van der Waals surface area contributed by atoms with E-state index < -0.39 is 0 Å². The number of para-hydroxylation sites is 1. The maximum atomic E-state index is 13.1. The van der Waals surface area contributed by atoms with Crippen molar-refractivity contribution in [2.75, 3.05) is 19.0 Å². The lowest BCUT2D eigenvalue weighted by molar-refractivity contribution is -0.116. The summed E-state index contributed by atoms with van der Waals surface area (Å²) in [7, 11) is 1.38. The van der Waals surface area contributed by atoms with Gasteiger partial charge in [-0.3, -0.25) is 9.78 Å². The van der Waals surface area contributed by atoms with Gasteiger partial charge in [0.15, 0.2) is 5.11 Å². The molecule has 1 amide bonds. The molecule has 4 aromatic rings. The Morgan fingerprint density at radius 3 is 2.48 bits per heavy atom. The Balaban J connectivity index is 1.46. The molecule has 0 aliphatic carbocycles. The third-order valence-electron chi connectivity index (χ3n) is 7.79. The van der Waals surface area contributed by atoms with Crippen molar-refractivity contribution in [3.8, 4) is 5.69 Å². The summed E-state index contributed by atoms with van der Waals surface area (Å²) in [6.07, 6.45) is 2.90. The molecule has 1 aliphatic heterocycles. The number of carbonyl (C=O) groups excluding carboxylic acids is 2. The quantitative estimate of drug-likeness (QED) is 0.190. The number of anilines is 1. The lowest BCUT2D eigenvalue weighted by Gasteiger charge is -2.28. The summed E-state index contributed by atoms with van der Waals surface area (Å²) in [6.45, 7) is 6.66. The number of ether oxygens (including phenoxy) is 1. The molecule has 1 aliphatic rings. The summed E-state index contributed by atoms with van der Waals surface area (Å²) < 4.78 is 7.02. The molecule has 2 aromatic heterocycles. The maximum Gasteiger partial charge on any atom is 0.337 e. The minimum absolute atomic E-state index is 0.0603. The molecular formula is C33H35N5O3S. The third kappa shape index (κ3) is 5.78. The highest BCUT2D eigenvalue weighted by atomic mass is 32.1. The Labute approximate surface area is 251 Å². The fourth-order valence-corrected chi connectivity index (χ4v) is 6.05. The van der Waals surface area contributed by atoms with E-state index >= 15 is 0 Å². The molecule has 0 radical (unpaired) electrons. The first kappa shape index (κ1) is 29.0. The van der Waals surface area contributed by atoms with Gasteiger partial charge in [-0.05, 0) is 92.1 Å². The first-order chi connectivity index (χ1) is 20.3. The summed E-state index contributed by atoms with van der Waals surface area (Å²) in [5.74, 6) is -0.431. The molecule has 9 heteroatoms. The minimum Gasteiger partial charge on any atom is -0.465 e. The standard InChI is InChI=1S/C33H35N5O3S/c1-5-23-10-6-7-11-27(23)35-29(39)17-19-37-31(30(36-33(37)42)28-12-8-9-18-34-28)26-20-21(2)38(22(26)3)25-15-13-24(14-16-25)32(40)41-4/h6-16,18,20,30-31H,5,17,19H2,1-4H3,(H,35,39)(H,36,42)/t30-,31-/m1/s1. The predicted octanol–water partition coefficient (Wildman–Crippen LogP) is 5.84. The molecule has 5 rings (SSSR count). The number of pyridine rings is 1. The van der Waals surface area contributed by atoms with Crippen molar-refractivity contribution >= 4 is 34.9 Å². The molecule has 42 heavy (non-hydrogen) atoms. The number of esters is 1. The van der Waals surface area contributed by atoms with Crippen LogP contribution in [0.2, 0.25) is 0 Å². The Morgan fingerprint density at radius 2 is 1.79 bits per heavy atom. The molecule has 216 valence electrons. The van der Waals surface area contributed by atoms with Crippen LogP contribution in [0.15, 0.2) is 79.0 Å². The van der Waals surface area contributed by atoms with E-state index in [-0.39, 0.29) is 30.4 Å². The first-order valence-corrected chi connectivity index (χ1v) is 14.5. The molecule has 0 saturated carbocycles. The number of benzene rings is 2. The van der Waals surface area contributed by atoms with Gasteiger partial charge in [-0.2, -0.15) is 0 Å². The zero-order valence-corrected chi connectivity index (χ0v) is 25.1. The minimum atomic E-state index is -0.371. The van der Waals surface area contributed by atoms with Gasteiger partial charge in [-0.25, -0.2) is 4.79 Å². The number of thiocarbonyl (C=S) groups is 1. The fraction of sp³-hybridized carbons (Fsp3) is 0.273. The topological polar surface area (TPSA) is 88.5 Å². The monoisotopic (exact) mass is 581 g/mol. The normalized spacial score (nSPS) is 16.3. The zero-order chi connectivity index (χ0) is 29.8. The van der Waals surface area contributed by atoms with Crippen LogP contribution in [-0.2, 0) is 16.0 Å². The number of hydrogen-bond donors (Lipinski definition) is 2. The molecule has 2 N–H and O–H groups in total. The molecule has 8 nitrogen and oxygen atoms in total. The number of nitrogens with one attached hydrogen (secondary N) is 2. The summed E-state index contributed by atoms with van der Waals surface area (Å²) in [5, 5.41) is 7.15. The summed E-state index contributed by atoms with van der Waals surface area (Å²) in [5.41, 5.74) is 7.43. The molecule has 2 atom stereocenters. The average Bonchev–Trinajstić information content (AvgIpc) is 3.50. The molecule has 0 spiro atoms. The highest BCUT2D eigenvalue weighted by Gasteiger charge is 2.41. The molecule has 3 heterocycles. The molecule has 2 aromatic carbocycles. The van der Waals surface area contributed by atoms with Gasteiger partial charge in [0.25, 0.3) is 0 Å². The van der Waals surface area contributed by atoms with Crippen molar-refractivity contribution in [3.05, 3.63) is 113 Å². The van der Waals surface area contributed by atoms with Crippen LogP contribution in [0, 0.1) is 13.8 Å². The highest BCUT2D eigenvalue weighted by molar-refractivity contribution is 7.80. The lowest BCUT2D eigenvalue weighted by Crippen LogP contribution is -2.33. The van der Waals surface area contributed by atoms with Gasteiger partial charge in [0.05, 0.1) is 30.5 Å². The predicted molar refractivity (Wildman–Crippen MR) is 168 cm³/mol. The number of rotatable bonds is 9. The zero-order valence-electron chi connectivity index (χ0n) is 24.3. The number of methoxy groups -OCH3 is 1. The van der Waals surface area contributed by atoms with Gasteiger partial charge in [-0.1, -0.05) is 31.2 Å².